The summed E-state index contributed by atoms with van der Waals surface area (Å²) in [6, 6.07) is 5.95. The fourth-order valence-corrected chi connectivity index (χ4v) is 5.64. The molecule has 5 atom stereocenters. The highest BCUT2D eigenvalue weighted by molar-refractivity contribution is 6.08. The van der Waals surface area contributed by atoms with Crippen molar-refractivity contribution in [1.82, 2.24) is 4.90 Å². The van der Waals surface area contributed by atoms with Gasteiger partial charge in [-0.2, -0.15) is 0 Å². The maximum atomic E-state index is 13.1. The number of carbonyl (C=O) groups excluding carboxylic acids is 4. The molecule has 3 fully saturated rings. The van der Waals surface area contributed by atoms with E-state index in [9.17, 15) is 19.2 Å². The highest BCUT2D eigenvalue weighted by atomic mass is 16.5. The summed E-state index contributed by atoms with van der Waals surface area (Å²) in [4.78, 5) is 52.7. The van der Waals surface area contributed by atoms with Crippen LogP contribution in [-0.2, 0) is 23.9 Å². The van der Waals surface area contributed by atoms with E-state index >= 15 is 0 Å². The predicted octanol–water partition coefficient (Wildman–Crippen LogP) is 2.62. The first-order valence-corrected chi connectivity index (χ1v) is 11.4. The number of anilines is 1. The number of para-hydroxylation sites is 2. The zero-order valence-electron chi connectivity index (χ0n) is 18.7. The average Bonchev–Trinajstić information content (AvgIpc) is 3.44. The first-order valence-electron chi connectivity index (χ1n) is 11.4. The molecule has 0 radical (unpaired) electrons. The Bertz CT molecular complexity index is 901. The van der Waals surface area contributed by atoms with Crippen LogP contribution in [0.2, 0.25) is 0 Å². The molecule has 1 saturated heterocycles. The van der Waals surface area contributed by atoms with Gasteiger partial charge >= 0.3 is 5.97 Å². The third kappa shape index (κ3) is 3.87. The number of nitrogens with zero attached hydrogens (tertiary/aromatic N) is 1. The van der Waals surface area contributed by atoms with Crippen LogP contribution >= 0.6 is 0 Å². The van der Waals surface area contributed by atoms with Gasteiger partial charge in [-0.3, -0.25) is 19.3 Å². The second-order valence-electron chi connectivity index (χ2n) is 9.21. The molecule has 2 bridgehead atoms. The average molecular weight is 443 g/mol. The summed E-state index contributed by atoms with van der Waals surface area (Å²) in [6.45, 7) is 5.31. The Morgan fingerprint density at radius 1 is 1.09 bits per heavy atom. The third-order valence-corrected chi connectivity index (χ3v) is 6.92. The number of nitrogens with one attached hydrogen (secondary N) is 1. The number of ether oxygens (including phenoxy) is 2. The first-order chi connectivity index (χ1) is 15.3. The van der Waals surface area contributed by atoms with Gasteiger partial charge < -0.3 is 14.8 Å². The van der Waals surface area contributed by atoms with E-state index < -0.39 is 24.5 Å². The Kier molecular flexibility index (Phi) is 6.22. The Hall–Kier alpha value is -2.90. The molecule has 0 aromatic heterocycles. The highest BCUT2D eigenvalue weighted by Gasteiger charge is 2.62. The Morgan fingerprint density at radius 3 is 2.31 bits per heavy atom. The van der Waals surface area contributed by atoms with Crippen LogP contribution in [0.3, 0.4) is 0 Å². The molecule has 0 spiro atoms. The lowest BCUT2D eigenvalue weighted by Gasteiger charge is -2.28. The van der Waals surface area contributed by atoms with E-state index in [4.69, 9.17) is 9.47 Å². The molecule has 1 aromatic rings. The molecule has 1 aromatic carbocycles. The van der Waals surface area contributed by atoms with Crippen molar-refractivity contribution in [3.05, 3.63) is 24.3 Å². The first kappa shape index (κ1) is 22.3. The molecule has 1 aliphatic heterocycles. The predicted molar refractivity (Wildman–Crippen MR) is 115 cm³/mol. The van der Waals surface area contributed by atoms with Gasteiger partial charge in [0.2, 0.25) is 11.8 Å². The van der Waals surface area contributed by atoms with Gasteiger partial charge in [0.15, 0.2) is 6.61 Å². The summed E-state index contributed by atoms with van der Waals surface area (Å²) in [5.74, 6) is -1.68. The minimum Gasteiger partial charge on any atom is -0.492 e. The van der Waals surface area contributed by atoms with Crippen molar-refractivity contribution < 1.29 is 28.7 Å². The van der Waals surface area contributed by atoms with Gasteiger partial charge in [0.25, 0.3) is 5.91 Å². The van der Waals surface area contributed by atoms with Gasteiger partial charge in [0.05, 0.1) is 24.1 Å². The maximum absolute atomic E-state index is 13.1. The molecule has 4 rings (SSSR count). The van der Waals surface area contributed by atoms with E-state index in [-0.39, 0.29) is 41.4 Å². The second-order valence-corrected chi connectivity index (χ2v) is 9.21. The van der Waals surface area contributed by atoms with Gasteiger partial charge in [0.1, 0.15) is 11.8 Å². The summed E-state index contributed by atoms with van der Waals surface area (Å²) < 4.78 is 10.7. The normalized spacial score (nSPS) is 26.9. The van der Waals surface area contributed by atoms with Crippen molar-refractivity contribution in [2.75, 3.05) is 18.5 Å². The number of rotatable bonds is 8. The number of carbonyl (C=O) groups is 4. The van der Waals surface area contributed by atoms with Crippen molar-refractivity contribution in [2.24, 2.45) is 29.6 Å². The topological polar surface area (TPSA) is 102 Å². The SMILES string of the molecule is CCOc1ccccc1NC(=O)COC(=O)[C@H](C(C)C)N1C(=O)[C@@H]2[C@H]3CC[C@@H](C3)[C@@H]2C1=O. The molecule has 32 heavy (non-hydrogen) atoms. The molecule has 8 heteroatoms. The van der Waals surface area contributed by atoms with E-state index in [1.165, 1.54) is 0 Å². The highest BCUT2D eigenvalue weighted by Crippen LogP contribution is 2.56. The van der Waals surface area contributed by atoms with E-state index in [0.29, 0.717) is 18.0 Å². The van der Waals surface area contributed by atoms with Gasteiger partial charge in [-0.25, -0.2) is 4.79 Å². The minimum atomic E-state index is -1.02. The zero-order chi connectivity index (χ0) is 23.0. The number of benzene rings is 1. The van der Waals surface area contributed by atoms with Crippen molar-refractivity contribution in [2.45, 2.75) is 46.1 Å². The number of esters is 1. The summed E-state index contributed by atoms with van der Waals surface area (Å²) >= 11 is 0. The standard InChI is InChI=1S/C24H30N2O6/c1-4-31-17-8-6-5-7-16(17)25-18(27)12-32-24(30)21(13(2)3)26-22(28)19-14-9-10-15(11-14)20(19)23(26)29/h5-8,13-15,19-21H,4,9-12H2,1-3H3,(H,25,27)/t14-,15-,19-,20+,21-/m0/s1. The Morgan fingerprint density at radius 2 is 1.72 bits per heavy atom. The van der Waals surface area contributed by atoms with Crippen LogP contribution in [-0.4, -0.2) is 47.8 Å². The lowest BCUT2D eigenvalue weighted by molar-refractivity contribution is -0.162. The molecule has 2 aliphatic carbocycles. The molecule has 3 amide bonds. The van der Waals surface area contributed by atoms with Gasteiger partial charge in [-0.1, -0.05) is 26.0 Å². The molecule has 2 saturated carbocycles. The molecule has 1 N–H and O–H groups in total. The van der Waals surface area contributed by atoms with Crippen LogP contribution in [0.4, 0.5) is 5.69 Å². The fraction of sp³-hybridized carbons (Fsp3) is 0.583. The maximum Gasteiger partial charge on any atom is 0.330 e. The molecule has 1 heterocycles. The quantitative estimate of drug-likeness (QED) is 0.491. The zero-order valence-corrected chi connectivity index (χ0v) is 18.7. The second kappa shape index (κ2) is 8.92. The lowest BCUT2D eigenvalue weighted by atomic mass is 9.81. The number of fused-ring (bicyclic) bond motifs is 5. The number of hydrogen-bond donors (Lipinski definition) is 1. The van der Waals surface area contributed by atoms with Crippen molar-refractivity contribution in [3.63, 3.8) is 0 Å². The van der Waals surface area contributed by atoms with Gasteiger partial charge in [0, 0.05) is 0 Å². The van der Waals surface area contributed by atoms with Crippen molar-refractivity contribution >= 4 is 29.4 Å². The fourth-order valence-electron chi connectivity index (χ4n) is 5.64. The van der Waals surface area contributed by atoms with Crippen LogP contribution < -0.4 is 10.1 Å². The molecular formula is C24H30N2O6. The largest absolute Gasteiger partial charge is 0.492 e. The number of likely N-dealkylation sites (tertiary alicyclic amines) is 1. The summed E-state index contributed by atoms with van der Waals surface area (Å²) in [6.07, 6.45) is 2.87. The van der Waals surface area contributed by atoms with Crippen LogP contribution in [0.25, 0.3) is 0 Å². The van der Waals surface area contributed by atoms with Gasteiger partial charge in [-0.05, 0) is 56.1 Å². The van der Waals surface area contributed by atoms with Crippen LogP contribution in [0.1, 0.15) is 40.0 Å². The van der Waals surface area contributed by atoms with Gasteiger partial charge in [-0.15, -0.1) is 0 Å². The summed E-state index contributed by atoms with van der Waals surface area (Å²) in [5.41, 5.74) is 0.476. The lowest BCUT2D eigenvalue weighted by Crippen LogP contribution is -2.50. The van der Waals surface area contributed by atoms with Crippen LogP contribution in [0.5, 0.6) is 5.75 Å². The third-order valence-electron chi connectivity index (χ3n) is 6.92. The molecule has 0 unspecified atom stereocenters. The van der Waals surface area contributed by atoms with E-state index in [1.54, 1.807) is 38.1 Å². The molecule has 172 valence electrons. The van der Waals surface area contributed by atoms with Crippen LogP contribution in [0, 0.1) is 29.6 Å². The molecule has 8 nitrogen and oxygen atoms in total. The summed E-state index contributed by atoms with van der Waals surface area (Å²) in [7, 11) is 0. The van der Waals surface area contributed by atoms with E-state index in [1.807, 2.05) is 6.92 Å². The smallest absolute Gasteiger partial charge is 0.330 e. The number of amides is 3. The molecule has 3 aliphatic rings. The van der Waals surface area contributed by atoms with E-state index in [2.05, 4.69) is 5.32 Å². The van der Waals surface area contributed by atoms with Crippen LogP contribution in [0.15, 0.2) is 24.3 Å². The van der Waals surface area contributed by atoms with E-state index in [0.717, 1.165) is 24.2 Å². The Balaban J connectivity index is 1.41. The molecular weight excluding hydrogens is 412 g/mol. The number of hydrogen-bond acceptors (Lipinski definition) is 6. The Labute approximate surface area is 187 Å². The van der Waals surface area contributed by atoms with Crippen molar-refractivity contribution in [3.8, 4) is 5.75 Å². The summed E-state index contributed by atoms with van der Waals surface area (Å²) in [5, 5.41) is 2.67. The monoisotopic (exact) mass is 442 g/mol. The van der Waals surface area contributed by atoms with Crippen molar-refractivity contribution in [1.29, 1.82) is 0 Å². The minimum absolute atomic E-state index is 0.242. The number of imide groups is 1.